The smallest absolute Gasteiger partial charge is 0.0609 e. The summed E-state index contributed by atoms with van der Waals surface area (Å²) in [6, 6.07) is 23.6. The molecule has 1 saturated carbocycles. The summed E-state index contributed by atoms with van der Waals surface area (Å²) in [6.07, 6.45) is 4.12. The van der Waals surface area contributed by atoms with E-state index in [2.05, 4.69) is 66.7 Å². The maximum atomic E-state index is 10.7. The minimum absolute atomic E-state index is 0.225. The van der Waals surface area contributed by atoms with Crippen LogP contribution in [0.2, 0.25) is 0 Å². The van der Waals surface area contributed by atoms with Crippen LogP contribution in [-0.4, -0.2) is 11.2 Å². The fourth-order valence-electron chi connectivity index (χ4n) is 4.01. The van der Waals surface area contributed by atoms with Gasteiger partial charge in [0.25, 0.3) is 0 Å². The lowest BCUT2D eigenvalue weighted by molar-refractivity contribution is 0.107. The highest BCUT2D eigenvalue weighted by Gasteiger charge is 2.28. The van der Waals surface area contributed by atoms with Crippen molar-refractivity contribution in [3.63, 3.8) is 0 Å². The molecule has 116 valence electrons. The molecule has 1 heteroatoms. The lowest BCUT2D eigenvalue weighted by Crippen LogP contribution is -2.23. The maximum absolute atomic E-state index is 10.7. The van der Waals surface area contributed by atoms with Crippen LogP contribution in [-0.2, 0) is 0 Å². The fourth-order valence-corrected chi connectivity index (χ4v) is 4.01. The largest absolute Gasteiger partial charge is 0.392 e. The second-order valence-corrected chi connectivity index (χ2v) is 6.57. The van der Waals surface area contributed by atoms with Crippen molar-refractivity contribution >= 4 is 10.8 Å². The lowest BCUT2D eigenvalue weighted by Gasteiger charge is -2.30. The van der Waals surface area contributed by atoms with Gasteiger partial charge in [0.05, 0.1) is 6.10 Å². The highest BCUT2D eigenvalue weighted by molar-refractivity contribution is 5.92. The number of hydrogen-bond acceptors (Lipinski definition) is 1. The zero-order valence-corrected chi connectivity index (χ0v) is 13.3. The zero-order valence-electron chi connectivity index (χ0n) is 13.3. The molecule has 0 saturated heterocycles. The molecule has 3 aromatic rings. The van der Waals surface area contributed by atoms with Gasteiger partial charge in [0, 0.05) is 5.92 Å². The van der Waals surface area contributed by atoms with Gasteiger partial charge in [-0.15, -0.1) is 0 Å². The minimum Gasteiger partial charge on any atom is -0.392 e. The van der Waals surface area contributed by atoms with Crippen LogP contribution in [0.5, 0.6) is 0 Å². The van der Waals surface area contributed by atoms with E-state index in [4.69, 9.17) is 0 Å². The number of fused-ring (bicyclic) bond motifs is 1. The van der Waals surface area contributed by atoms with Crippen LogP contribution in [0.3, 0.4) is 0 Å². The first-order chi connectivity index (χ1) is 11.3. The molecule has 0 bridgehead atoms. The summed E-state index contributed by atoms with van der Waals surface area (Å²) in [6.45, 7) is 0. The molecule has 4 rings (SSSR count). The van der Waals surface area contributed by atoms with Crippen LogP contribution >= 0.6 is 0 Å². The van der Waals surface area contributed by atoms with Gasteiger partial charge in [-0.1, -0.05) is 79.6 Å². The number of benzene rings is 3. The van der Waals surface area contributed by atoms with E-state index in [0.717, 1.165) is 19.3 Å². The average molecular weight is 302 g/mol. The quantitative estimate of drug-likeness (QED) is 0.660. The number of aliphatic hydroxyl groups is 1. The van der Waals surface area contributed by atoms with Crippen LogP contribution in [0.1, 0.15) is 37.2 Å². The Morgan fingerprint density at radius 3 is 2.30 bits per heavy atom. The molecule has 0 radical (unpaired) electrons. The van der Waals surface area contributed by atoms with Crippen molar-refractivity contribution in [3.8, 4) is 11.1 Å². The summed E-state index contributed by atoms with van der Waals surface area (Å²) < 4.78 is 0. The summed E-state index contributed by atoms with van der Waals surface area (Å²) >= 11 is 0. The number of aliphatic hydroxyl groups excluding tert-OH is 1. The Bertz CT molecular complexity index is 807. The van der Waals surface area contributed by atoms with E-state index < -0.39 is 0 Å². The van der Waals surface area contributed by atoms with E-state index in [-0.39, 0.29) is 12.0 Å². The molecule has 0 unspecified atom stereocenters. The number of rotatable bonds is 2. The third kappa shape index (κ3) is 2.66. The van der Waals surface area contributed by atoms with Crippen LogP contribution in [0.25, 0.3) is 21.9 Å². The van der Waals surface area contributed by atoms with Gasteiger partial charge in [0.1, 0.15) is 0 Å². The van der Waals surface area contributed by atoms with Crippen molar-refractivity contribution in [2.24, 2.45) is 0 Å². The molecule has 3 aromatic carbocycles. The number of hydrogen-bond donors (Lipinski definition) is 1. The van der Waals surface area contributed by atoms with Gasteiger partial charge in [-0.25, -0.2) is 0 Å². The summed E-state index contributed by atoms with van der Waals surface area (Å²) in [5.74, 6) is 0.241. The predicted molar refractivity (Wildman–Crippen MR) is 96.6 cm³/mol. The van der Waals surface area contributed by atoms with Crippen molar-refractivity contribution in [1.82, 2.24) is 0 Å². The summed E-state index contributed by atoms with van der Waals surface area (Å²) in [5.41, 5.74) is 3.85. The topological polar surface area (TPSA) is 20.2 Å². The van der Waals surface area contributed by atoms with Crippen molar-refractivity contribution in [3.05, 3.63) is 72.3 Å². The van der Waals surface area contributed by atoms with Crippen LogP contribution < -0.4 is 0 Å². The third-order valence-corrected chi connectivity index (χ3v) is 5.16. The molecule has 1 aliphatic carbocycles. The monoisotopic (exact) mass is 302 g/mol. The van der Waals surface area contributed by atoms with E-state index in [0.29, 0.717) is 0 Å². The molecule has 2 atom stereocenters. The van der Waals surface area contributed by atoms with E-state index in [9.17, 15) is 5.11 Å². The van der Waals surface area contributed by atoms with Gasteiger partial charge in [0.15, 0.2) is 0 Å². The molecular formula is C22H22O. The molecule has 1 N–H and O–H groups in total. The highest BCUT2D eigenvalue weighted by Crippen LogP contribution is 2.42. The first kappa shape index (κ1) is 14.5. The van der Waals surface area contributed by atoms with Crippen LogP contribution in [0, 0.1) is 0 Å². The van der Waals surface area contributed by atoms with Crippen LogP contribution in [0.15, 0.2) is 66.7 Å². The Morgan fingerprint density at radius 1 is 0.739 bits per heavy atom. The molecule has 0 heterocycles. The van der Waals surface area contributed by atoms with E-state index in [1.54, 1.807) is 0 Å². The van der Waals surface area contributed by atoms with Gasteiger partial charge < -0.3 is 5.11 Å². The molecule has 0 aromatic heterocycles. The summed E-state index contributed by atoms with van der Waals surface area (Å²) in [5, 5.41) is 13.2. The van der Waals surface area contributed by atoms with Crippen LogP contribution in [0.4, 0.5) is 0 Å². The van der Waals surface area contributed by atoms with Crippen molar-refractivity contribution in [2.45, 2.75) is 37.7 Å². The second kappa shape index (κ2) is 6.17. The normalized spacial score (nSPS) is 21.4. The minimum atomic E-state index is -0.225. The Morgan fingerprint density at radius 2 is 1.48 bits per heavy atom. The van der Waals surface area contributed by atoms with Crippen molar-refractivity contribution in [1.29, 1.82) is 0 Å². The SMILES string of the molecule is O[C@H]1CCCC[C@H]1c1c(-c2ccccc2)ccc2ccccc12. The molecular weight excluding hydrogens is 280 g/mol. The Balaban J connectivity index is 1.97. The molecule has 1 fully saturated rings. The van der Waals surface area contributed by atoms with E-state index in [1.165, 1.54) is 33.9 Å². The van der Waals surface area contributed by atoms with E-state index in [1.807, 2.05) is 0 Å². The van der Waals surface area contributed by atoms with E-state index >= 15 is 0 Å². The summed E-state index contributed by atoms with van der Waals surface area (Å²) in [7, 11) is 0. The molecule has 1 aliphatic rings. The fraction of sp³-hybridized carbons (Fsp3) is 0.273. The van der Waals surface area contributed by atoms with Crippen molar-refractivity contribution in [2.75, 3.05) is 0 Å². The Labute approximate surface area is 137 Å². The van der Waals surface area contributed by atoms with Gasteiger partial charge in [-0.2, -0.15) is 0 Å². The zero-order chi connectivity index (χ0) is 15.6. The highest BCUT2D eigenvalue weighted by atomic mass is 16.3. The van der Waals surface area contributed by atoms with Gasteiger partial charge in [-0.05, 0) is 40.3 Å². The lowest BCUT2D eigenvalue weighted by atomic mass is 9.77. The van der Waals surface area contributed by atoms with Gasteiger partial charge in [0.2, 0.25) is 0 Å². The predicted octanol–water partition coefficient (Wildman–Crippen LogP) is 5.53. The van der Waals surface area contributed by atoms with Gasteiger partial charge in [-0.3, -0.25) is 0 Å². The first-order valence-electron chi connectivity index (χ1n) is 8.60. The molecule has 0 spiro atoms. The molecule has 0 aliphatic heterocycles. The molecule has 0 amide bonds. The molecule has 1 nitrogen and oxygen atoms in total. The Kier molecular flexibility index (Phi) is 3.88. The standard InChI is InChI=1S/C22H22O/c23-21-13-7-6-12-20(21)22-18-11-5-4-10-17(18)14-15-19(22)16-8-2-1-3-9-16/h1-5,8-11,14-15,20-21,23H,6-7,12-13H2/t20-,21+/m1/s1. The first-order valence-corrected chi connectivity index (χ1v) is 8.60. The average Bonchev–Trinajstić information content (AvgIpc) is 2.62. The van der Waals surface area contributed by atoms with Crippen molar-refractivity contribution < 1.29 is 5.11 Å². The maximum Gasteiger partial charge on any atom is 0.0609 e. The van der Waals surface area contributed by atoms with Gasteiger partial charge >= 0.3 is 0 Å². The molecule has 23 heavy (non-hydrogen) atoms. The summed E-state index contributed by atoms with van der Waals surface area (Å²) in [4.78, 5) is 0. The Hall–Kier alpha value is -2.12. The third-order valence-electron chi connectivity index (χ3n) is 5.16. The second-order valence-electron chi connectivity index (χ2n) is 6.57.